The number of rotatable bonds is 2. The number of nitrogens with one attached hydrogen (secondary N) is 1. The first-order chi connectivity index (χ1) is 11.9. The molecule has 1 N–H and O–H groups in total. The Kier molecular flexibility index (Phi) is 3.91. The minimum Gasteiger partial charge on any atom is -0.487 e. The molecule has 3 heterocycles. The number of aryl methyl sites for hydroxylation is 1. The molecule has 2 aromatic rings. The monoisotopic (exact) mass is 339 g/mol. The van der Waals surface area contributed by atoms with Crippen LogP contribution in [0, 0.1) is 6.92 Å². The minimum absolute atomic E-state index is 0.0232. The first-order valence-electron chi connectivity index (χ1n) is 9.02. The zero-order chi connectivity index (χ0) is 17.6. The van der Waals surface area contributed by atoms with E-state index >= 15 is 0 Å². The van der Waals surface area contributed by atoms with Crippen molar-refractivity contribution in [1.82, 2.24) is 14.9 Å². The van der Waals surface area contributed by atoms with Gasteiger partial charge in [-0.2, -0.15) is 0 Å². The lowest BCUT2D eigenvalue weighted by molar-refractivity contribution is 0.135. The van der Waals surface area contributed by atoms with Crippen LogP contribution in [-0.2, 0) is 25.8 Å². The van der Waals surface area contributed by atoms with Gasteiger partial charge < -0.3 is 9.72 Å². The van der Waals surface area contributed by atoms with Crippen molar-refractivity contribution >= 4 is 0 Å². The molecule has 5 nitrogen and oxygen atoms in total. The topological polar surface area (TPSA) is 58.2 Å². The first-order valence-corrected chi connectivity index (χ1v) is 9.02. The van der Waals surface area contributed by atoms with Gasteiger partial charge in [0.1, 0.15) is 17.2 Å². The van der Waals surface area contributed by atoms with Crippen molar-refractivity contribution < 1.29 is 4.74 Å². The summed E-state index contributed by atoms with van der Waals surface area (Å²) in [6, 6.07) is 6.45. The molecule has 25 heavy (non-hydrogen) atoms. The minimum atomic E-state index is -0.123. The second-order valence-corrected chi connectivity index (χ2v) is 7.80. The lowest BCUT2D eigenvalue weighted by Crippen LogP contribution is -2.27. The van der Waals surface area contributed by atoms with Gasteiger partial charge in [0.25, 0.3) is 5.56 Å². The average molecular weight is 339 g/mol. The highest BCUT2D eigenvalue weighted by Crippen LogP contribution is 2.38. The Morgan fingerprint density at radius 3 is 2.92 bits per heavy atom. The second-order valence-electron chi connectivity index (χ2n) is 7.80. The van der Waals surface area contributed by atoms with Crippen molar-refractivity contribution in [3.63, 3.8) is 0 Å². The maximum absolute atomic E-state index is 12.2. The molecule has 0 amide bonds. The fourth-order valence-electron chi connectivity index (χ4n) is 3.98. The molecule has 0 spiro atoms. The lowest BCUT2D eigenvalue weighted by atomic mass is 10.0. The van der Waals surface area contributed by atoms with E-state index in [0.717, 1.165) is 55.9 Å². The van der Waals surface area contributed by atoms with Gasteiger partial charge in [-0.25, -0.2) is 4.98 Å². The zero-order valence-corrected chi connectivity index (χ0v) is 15.2. The summed E-state index contributed by atoms with van der Waals surface area (Å²) in [5, 5.41) is 0. The Morgan fingerprint density at radius 2 is 2.08 bits per heavy atom. The third-order valence-electron chi connectivity index (χ3n) is 5.13. The van der Waals surface area contributed by atoms with E-state index in [2.05, 4.69) is 46.9 Å². The molecular formula is C20H25N3O2. The first kappa shape index (κ1) is 16.3. The van der Waals surface area contributed by atoms with Crippen molar-refractivity contribution in [1.29, 1.82) is 0 Å². The summed E-state index contributed by atoms with van der Waals surface area (Å²) in [7, 11) is 0. The molecule has 1 aromatic heterocycles. The summed E-state index contributed by atoms with van der Waals surface area (Å²) in [6.45, 7) is 8.75. The van der Waals surface area contributed by atoms with Gasteiger partial charge in [0.15, 0.2) is 0 Å². The summed E-state index contributed by atoms with van der Waals surface area (Å²) in [5.41, 5.74) is 4.25. The molecule has 0 unspecified atom stereocenters. The van der Waals surface area contributed by atoms with Gasteiger partial charge in [-0.15, -0.1) is 0 Å². The van der Waals surface area contributed by atoms with Crippen LogP contribution in [0.4, 0.5) is 0 Å². The largest absolute Gasteiger partial charge is 0.487 e. The van der Waals surface area contributed by atoms with Gasteiger partial charge in [0.2, 0.25) is 0 Å². The fraction of sp³-hybridized carbons (Fsp3) is 0.500. The van der Waals surface area contributed by atoms with Crippen molar-refractivity contribution in [2.75, 3.05) is 13.1 Å². The standard InChI is InChI=1S/C20H25N3O2/c1-13-21-17-8-10-23(9-7-16(17)19(24)22-13)12-15-6-4-5-14-11-20(2,3)25-18(14)15/h4-6H,7-12H2,1-3H3,(H,21,22,24). The van der Waals surface area contributed by atoms with Crippen LogP contribution in [0.1, 0.15) is 42.1 Å². The van der Waals surface area contributed by atoms with Crippen molar-refractivity contribution in [2.45, 2.75) is 52.2 Å². The quantitative estimate of drug-likeness (QED) is 0.913. The number of hydrogen-bond acceptors (Lipinski definition) is 4. The number of H-pyrrole nitrogens is 1. The van der Waals surface area contributed by atoms with Crippen LogP contribution < -0.4 is 10.3 Å². The van der Waals surface area contributed by atoms with Gasteiger partial charge in [-0.3, -0.25) is 9.69 Å². The van der Waals surface area contributed by atoms with Crippen LogP contribution >= 0.6 is 0 Å². The molecule has 0 saturated heterocycles. The Bertz CT molecular complexity index is 870. The summed E-state index contributed by atoms with van der Waals surface area (Å²) in [6.07, 6.45) is 2.53. The van der Waals surface area contributed by atoms with E-state index < -0.39 is 0 Å². The zero-order valence-electron chi connectivity index (χ0n) is 15.2. The Labute approximate surface area is 148 Å². The summed E-state index contributed by atoms with van der Waals surface area (Å²) < 4.78 is 6.20. The van der Waals surface area contributed by atoms with E-state index in [1.54, 1.807) is 0 Å². The van der Waals surface area contributed by atoms with Crippen LogP contribution in [0.5, 0.6) is 5.75 Å². The SMILES string of the molecule is Cc1nc2c(c(=O)[nH]1)CCN(Cc1cccc3c1OC(C)(C)C3)CC2. The number of nitrogens with zero attached hydrogens (tertiary/aromatic N) is 2. The second kappa shape index (κ2) is 5.99. The van der Waals surface area contributed by atoms with E-state index in [1.165, 1.54) is 11.1 Å². The van der Waals surface area contributed by atoms with Crippen molar-refractivity contribution in [3.8, 4) is 5.75 Å². The highest BCUT2D eigenvalue weighted by atomic mass is 16.5. The van der Waals surface area contributed by atoms with E-state index in [-0.39, 0.29) is 11.2 Å². The number of aromatic amines is 1. The third kappa shape index (κ3) is 3.21. The average Bonchev–Trinajstić information content (AvgIpc) is 2.71. The summed E-state index contributed by atoms with van der Waals surface area (Å²) in [4.78, 5) is 22.0. The maximum atomic E-state index is 12.2. The fourth-order valence-corrected chi connectivity index (χ4v) is 3.98. The third-order valence-corrected chi connectivity index (χ3v) is 5.13. The molecule has 0 fully saturated rings. The van der Waals surface area contributed by atoms with Gasteiger partial charge in [-0.1, -0.05) is 18.2 Å². The number of fused-ring (bicyclic) bond motifs is 2. The molecule has 0 atom stereocenters. The van der Waals surface area contributed by atoms with Gasteiger partial charge in [-0.05, 0) is 32.8 Å². The molecular weight excluding hydrogens is 314 g/mol. The van der Waals surface area contributed by atoms with Crippen LogP contribution in [0.15, 0.2) is 23.0 Å². The van der Waals surface area contributed by atoms with Crippen LogP contribution in [0.3, 0.4) is 0 Å². The predicted octanol–water partition coefficient (Wildman–Crippen LogP) is 2.39. The highest BCUT2D eigenvalue weighted by Gasteiger charge is 2.32. The maximum Gasteiger partial charge on any atom is 0.254 e. The van der Waals surface area contributed by atoms with E-state index in [4.69, 9.17) is 4.74 Å². The van der Waals surface area contributed by atoms with E-state index in [9.17, 15) is 4.79 Å². The van der Waals surface area contributed by atoms with Crippen LogP contribution in [0.2, 0.25) is 0 Å². The molecule has 0 bridgehead atoms. The van der Waals surface area contributed by atoms with E-state index in [1.807, 2.05) is 6.92 Å². The molecule has 0 saturated carbocycles. The Morgan fingerprint density at radius 1 is 1.28 bits per heavy atom. The number of para-hydroxylation sites is 1. The molecule has 5 heteroatoms. The molecule has 2 aliphatic heterocycles. The molecule has 132 valence electrons. The summed E-state index contributed by atoms with van der Waals surface area (Å²) in [5.74, 6) is 1.76. The van der Waals surface area contributed by atoms with E-state index in [0.29, 0.717) is 5.82 Å². The molecule has 1 aromatic carbocycles. The van der Waals surface area contributed by atoms with Gasteiger partial charge >= 0.3 is 0 Å². The lowest BCUT2D eigenvalue weighted by Gasteiger charge is -2.22. The predicted molar refractivity (Wildman–Crippen MR) is 97.1 cm³/mol. The number of ether oxygens (including phenoxy) is 1. The highest BCUT2D eigenvalue weighted by molar-refractivity contribution is 5.45. The number of benzene rings is 1. The number of hydrogen-bond donors (Lipinski definition) is 1. The van der Waals surface area contributed by atoms with Crippen LogP contribution in [0.25, 0.3) is 0 Å². The molecule has 0 aliphatic carbocycles. The Hall–Kier alpha value is -2.14. The van der Waals surface area contributed by atoms with Crippen LogP contribution in [-0.4, -0.2) is 33.6 Å². The molecule has 0 radical (unpaired) electrons. The molecule has 2 aliphatic rings. The summed E-state index contributed by atoms with van der Waals surface area (Å²) >= 11 is 0. The number of aromatic nitrogens is 2. The Balaban J connectivity index is 1.54. The van der Waals surface area contributed by atoms with Crippen molar-refractivity contribution in [2.24, 2.45) is 0 Å². The normalized spacial score (nSPS) is 19.0. The smallest absolute Gasteiger partial charge is 0.254 e. The molecule has 4 rings (SSSR count). The van der Waals surface area contributed by atoms with Gasteiger partial charge in [0, 0.05) is 43.6 Å². The van der Waals surface area contributed by atoms with Gasteiger partial charge in [0.05, 0.1) is 5.69 Å². The van der Waals surface area contributed by atoms with Crippen molar-refractivity contribution in [3.05, 3.63) is 56.8 Å².